The van der Waals surface area contributed by atoms with E-state index in [0.717, 1.165) is 13.1 Å². The maximum absolute atomic E-state index is 3.20. The predicted octanol–water partition coefficient (Wildman–Crippen LogP) is 3.04. The van der Waals surface area contributed by atoms with Crippen LogP contribution in [-0.2, 0) is 13.1 Å². The molecule has 2 nitrogen and oxygen atoms in total. The molecular formula is C13H24N2S2. The lowest BCUT2D eigenvalue weighted by Crippen LogP contribution is -2.28. The molecule has 0 aliphatic heterocycles. The van der Waals surface area contributed by atoms with E-state index in [1.807, 2.05) is 30.1 Å². The van der Waals surface area contributed by atoms with Crippen LogP contribution >= 0.6 is 23.1 Å². The Bertz CT molecular complexity index is 312. The summed E-state index contributed by atoms with van der Waals surface area (Å²) in [7, 11) is 4.22. The largest absolute Gasteiger partial charge is 0.315 e. The highest BCUT2D eigenvalue weighted by atomic mass is 32.2. The van der Waals surface area contributed by atoms with Crippen LogP contribution in [0.3, 0.4) is 0 Å². The van der Waals surface area contributed by atoms with Gasteiger partial charge in [-0.15, -0.1) is 11.3 Å². The Labute approximate surface area is 114 Å². The second-order valence-electron chi connectivity index (χ2n) is 4.44. The van der Waals surface area contributed by atoms with Gasteiger partial charge in [-0.3, -0.25) is 4.90 Å². The number of thiophene rings is 1. The first kappa shape index (κ1) is 15.0. The van der Waals surface area contributed by atoms with Gasteiger partial charge in [-0.1, -0.05) is 0 Å². The van der Waals surface area contributed by atoms with Crippen molar-refractivity contribution in [1.82, 2.24) is 10.2 Å². The molecule has 0 aromatic carbocycles. The summed E-state index contributed by atoms with van der Waals surface area (Å²) < 4.78 is 0. The van der Waals surface area contributed by atoms with Crippen molar-refractivity contribution >= 4 is 23.1 Å². The molecule has 1 atom stereocenters. The normalized spacial score (nSPS) is 13.2. The molecule has 1 aromatic heterocycles. The Morgan fingerprint density at radius 2 is 2.12 bits per heavy atom. The van der Waals surface area contributed by atoms with Gasteiger partial charge in [0.1, 0.15) is 0 Å². The first-order chi connectivity index (χ1) is 8.17. The number of nitrogens with one attached hydrogen (secondary N) is 1. The second-order valence-corrected chi connectivity index (χ2v) is 6.68. The van der Waals surface area contributed by atoms with Gasteiger partial charge in [0.05, 0.1) is 0 Å². The molecule has 1 N–H and O–H groups in total. The summed E-state index contributed by atoms with van der Waals surface area (Å²) in [6.07, 6.45) is 3.45. The molecule has 1 heterocycles. The van der Waals surface area contributed by atoms with E-state index < -0.39 is 0 Å². The Kier molecular flexibility index (Phi) is 7.19. The monoisotopic (exact) mass is 272 g/mol. The molecule has 4 heteroatoms. The van der Waals surface area contributed by atoms with E-state index in [-0.39, 0.29) is 0 Å². The Morgan fingerprint density at radius 3 is 2.76 bits per heavy atom. The molecule has 0 fully saturated rings. The zero-order chi connectivity index (χ0) is 12.7. The van der Waals surface area contributed by atoms with Crippen molar-refractivity contribution in [1.29, 1.82) is 0 Å². The van der Waals surface area contributed by atoms with Gasteiger partial charge in [-0.25, -0.2) is 0 Å². The molecule has 17 heavy (non-hydrogen) atoms. The molecule has 0 spiro atoms. The van der Waals surface area contributed by atoms with Gasteiger partial charge in [0.25, 0.3) is 0 Å². The van der Waals surface area contributed by atoms with Crippen LogP contribution in [0, 0.1) is 0 Å². The molecule has 0 amide bonds. The molecule has 0 saturated heterocycles. The Morgan fingerprint density at radius 1 is 1.41 bits per heavy atom. The van der Waals surface area contributed by atoms with Crippen LogP contribution in [0.25, 0.3) is 0 Å². The number of hydrogen-bond donors (Lipinski definition) is 1. The molecular weight excluding hydrogens is 248 g/mol. The summed E-state index contributed by atoms with van der Waals surface area (Å²) in [6, 6.07) is 5.16. The first-order valence-electron chi connectivity index (χ1n) is 6.08. The predicted molar refractivity (Wildman–Crippen MR) is 81.0 cm³/mol. The van der Waals surface area contributed by atoms with Crippen LogP contribution in [-0.4, -0.2) is 37.0 Å². The molecule has 98 valence electrons. The summed E-state index contributed by atoms with van der Waals surface area (Å²) in [4.78, 5) is 5.34. The number of rotatable bonds is 8. The van der Waals surface area contributed by atoms with E-state index in [1.54, 1.807) is 0 Å². The highest BCUT2D eigenvalue weighted by molar-refractivity contribution is 7.98. The van der Waals surface area contributed by atoms with Crippen LogP contribution < -0.4 is 5.32 Å². The van der Waals surface area contributed by atoms with Crippen molar-refractivity contribution in [2.75, 3.05) is 26.1 Å². The van der Waals surface area contributed by atoms with E-state index in [1.165, 1.54) is 21.9 Å². The highest BCUT2D eigenvalue weighted by Gasteiger charge is 2.10. The van der Waals surface area contributed by atoms with E-state index in [2.05, 4.69) is 42.6 Å². The third kappa shape index (κ3) is 5.42. The average Bonchev–Trinajstić information content (AvgIpc) is 2.74. The number of hydrogen-bond acceptors (Lipinski definition) is 4. The SMILES string of the molecule is CNCc1ccc(CN(C)C(C)CCSC)s1. The minimum atomic E-state index is 0.664. The minimum absolute atomic E-state index is 0.664. The Balaban J connectivity index is 2.40. The van der Waals surface area contributed by atoms with Crippen LogP contribution in [0.5, 0.6) is 0 Å². The quantitative estimate of drug-likeness (QED) is 0.783. The summed E-state index contributed by atoms with van der Waals surface area (Å²) >= 11 is 3.85. The van der Waals surface area contributed by atoms with Gasteiger partial charge >= 0.3 is 0 Å². The van der Waals surface area contributed by atoms with Crippen LogP contribution in [0.4, 0.5) is 0 Å². The number of nitrogens with zero attached hydrogens (tertiary/aromatic N) is 1. The van der Waals surface area contributed by atoms with Crippen molar-refractivity contribution in [3.63, 3.8) is 0 Å². The summed E-state index contributed by atoms with van der Waals surface area (Å²) in [5.41, 5.74) is 0. The van der Waals surface area contributed by atoms with Gasteiger partial charge in [0, 0.05) is 28.9 Å². The maximum atomic E-state index is 3.20. The maximum Gasteiger partial charge on any atom is 0.0327 e. The smallest absolute Gasteiger partial charge is 0.0327 e. The van der Waals surface area contributed by atoms with Gasteiger partial charge in [-0.2, -0.15) is 11.8 Å². The third-order valence-electron chi connectivity index (χ3n) is 2.97. The van der Waals surface area contributed by atoms with E-state index in [4.69, 9.17) is 0 Å². The molecule has 1 aromatic rings. The summed E-state index contributed by atoms with van der Waals surface area (Å²) in [6.45, 7) is 4.37. The van der Waals surface area contributed by atoms with Gasteiger partial charge < -0.3 is 5.32 Å². The highest BCUT2D eigenvalue weighted by Crippen LogP contribution is 2.19. The van der Waals surface area contributed by atoms with Crippen LogP contribution in [0.2, 0.25) is 0 Å². The average molecular weight is 272 g/mol. The minimum Gasteiger partial charge on any atom is -0.315 e. The van der Waals surface area contributed by atoms with E-state index in [0.29, 0.717) is 6.04 Å². The standard InChI is InChI=1S/C13H24N2S2/c1-11(7-8-16-4)15(3)10-13-6-5-12(17-13)9-14-2/h5-6,11,14H,7-10H2,1-4H3. The van der Waals surface area contributed by atoms with Crippen molar-refractivity contribution in [2.24, 2.45) is 0 Å². The van der Waals surface area contributed by atoms with Gasteiger partial charge in [-0.05, 0) is 51.6 Å². The Hall–Kier alpha value is -0.0300. The lowest BCUT2D eigenvalue weighted by Gasteiger charge is -2.23. The lowest BCUT2D eigenvalue weighted by molar-refractivity contribution is 0.247. The summed E-state index contributed by atoms with van der Waals surface area (Å²) in [5, 5.41) is 3.20. The molecule has 0 radical (unpaired) electrons. The summed E-state index contributed by atoms with van der Waals surface area (Å²) in [5.74, 6) is 1.25. The number of thioether (sulfide) groups is 1. The molecule has 0 saturated carbocycles. The fraction of sp³-hybridized carbons (Fsp3) is 0.692. The van der Waals surface area contributed by atoms with E-state index >= 15 is 0 Å². The second kappa shape index (κ2) is 8.14. The fourth-order valence-corrected chi connectivity index (χ4v) is 3.36. The van der Waals surface area contributed by atoms with E-state index in [9.17, 15) is 0 Å². The first-order valence-corrected chi connectivity index (χ1v) is 8.29. The van der Waals surface area contributed by atoms with Crippen LogP contribution in [0.15, 0.2) is 12.1 Å². The fourth-order valence-electron chi connectivity index (χ4n) is 1.69. The van der Waals surface area contributed by atoms with Crippen molar-refractivity contribution < 1.29 is 0 Å². The topological polar surface area (TPSA) is 15.3 Å². The van der Waals surface area contributed by atoms with Gasteiger partial charge in [0.15, 0.2) is 0 Å². The molecule has 0 aliphatic carbocycles. The molecule has 1 unspecified atom stereocenters. The molecule has 1 rings (SSSR count). The van der Waals surface area contributed by atoms with Gasteiger partial charge in [0.2, 0.25) is 0 Å². The third-order valence-corrected chi connectivity index (χ3v) is 4.68. The van der Waals surface area contributed by atoms with Crippen molar-refractivity contribution in [3.05, 3.63) is 21.9 Å². The van der Waals surface area contributed by atoms with Crippen LogP contribution in [0.1, 0.15) is 23.1 Å². The van der Waals surface area contributed by atoms with Crippen molar-refractivity contribution in [3.8, 4) is 0 Å². The zero-order valence-electron chi connectivity index (χ0n) is 11.3. The lowest BCUT2D eigenvalue weighted by atomic mass is 10.2. The van der Waals surface area contributed by atoms with Crippen molar-refractivity contribution in [2.45, 2.75) is 32.5 Å². The zero-order valence-corrected chi connectivity index (χ0v) is 13.0. The molecule has 0 aliphatic rings. The molecule has 0 bridgehead atoms.